The Morgan fingerprint density at radius 1 is 1.19 bits per heavy atom. The van der Waals surface area contributed by atoms with Crippen LogP contribution in [-0.2, 0) is 26.2 Å². The van der Waals surface area contributed by atoms with Crippen LogP contribution in [0.15, 0.2) is 42.5 Å². The first kappa shape index (κ1) is 28.4. The highest BCUT2D eigenvalue weighted by Crippen LogP contribution is 2.28. The predicted molar refractivity (Wildman–Crippen MR) is 142 cm³/mol. The van der Waals surface area contributed by atoms with E-state index in [4.69, 9.17) is 11.6 Å². The van der Waals surface area contributed by atoms with Crippen molar-refractivity contribution in [3.8, 4) is 0 Å². The van der Waals surface area contributed by atoms with Crippen LogP contribution in [0.2, 0.25) is 5.02 Å². The molecular formula is C25H31ClN4O6S. The Kier molecular flexibility index (Phi) is 9.14. The van der Waals surface area contributed by atoms with Gasteiger partial charge >= 0.3 is 0 Å². The first-order chi connectivity index (χ1) is 17.4. The van der Waals surface area contributed by atoms with Crippen LogP contribution < -0.4 is 9.62 Å². The number of carbonyl (C=O) groups is 2. The summed E-state index contributed by atoms with van der Waals surface area (Å²) < 4.78 is 26.3. The number of sulfonamides is 1. The van der Waals surface area contributed by atoms with Gasteiger partial charge in [0.1, 0.15) is 12.6 Å². The van der Waals surface area contributed by atoms with Crippen LogP contribution in [0.5, 0.6) is 0 Å². The van der Waals surface area contributed by atoms with Gasteiger partial charge in [0.25, 0.3) is 5.69 Å². The summed E-state index contributed by atoms with van der Waals surface area (Å²) in [7, 11) is -4.02. The van der Waals surface area contributed by atoms with Gasteiger partial charge in [-0.05, 0) is 43.9 Å². The minimum Gasteiger partial charge on any atom is -0.352 e. The maximum Gasteiger partial charge on any atom is 0.271 e. The Bertz CT molecular complexity index is 1280. The number of benzene rings is 2. The van der Waals surface area contributed by atoms with Gasteiger partial charge in [-0.15, -0.1) is 0 Å². The summed E-state index contributed by atoms with van der Waals surface area (Å²) in [4.78, 5) is 38.7. The molecule has 1 fully saturated rings. The normalized spacial score (nSPS) is 14.7. The maximum atomic E-state index is 13.7. The summed E-state index contributed by atoms with van der Waals surface area (Å²) in [6.07, 6.45) is 4.70. The Morgan fingerprint density at radius 2 is 1.84 bits per heavy atom. The Balaban J connectivity index is 1.95. The second kappa shape index (κ2) is 11.9. The van der Waals surface area contributed by atoms with E-state index < -0.39 is 33.4 Å². The number of aryl methyl sites for hydroxylation is 1. The maximum absolute atomic E-state index is 13.7. The average molecular weight is 551 g/mol. The van der Waals surface area contributed by atoms with Crippen molar-refractivity contribution in [2.75, 3.05) is 17.1 Å². The van der Waals surface area contributed by atoms with E-state index in [0.29, 0.717) is 16.1 Å². The number of halogens is 1. The van der Waals surface area contributed by atoms with Gasteiger partial charge in [-0.3, -0.25) is 24.0 Å². The molecule has 2 aromatic rings. The third kappa shape index (κ3) is 7.20. The van der Waals surface area contributed by atoms with Gasteiger partial charge in [0.15, 0.2) is 0 Å². The molecule has 1 aliphatic carbocycles. The fourth-order valence-corrected chi connectivity index (χ4v) is 5.45. The molecule has 10 nitrogen and oxygen atoms in total. The number of amides is 2. The highest BCUT2D eigenvalue weighted by atomic mass is 35.5. The molecular weight excluding hydrogens is 520 g/mol. The fourth-order valence-electron chi connectivity index (χ4n) is 4.36. The number of non-ortho nitro benzene ring substituents is 1. The quantitative estimate of drug-likeness (QED) is 0.354. The SMILES string of the molecule is Cc1ccc([N+](=O)[O-])cc1N(CC(=O)N(Cc1ccccc1Cl)C(C)C(=O)NC1CCCC1)S(C)(=O)=O. The van der Waals surface area contributed by atoms with E-state index in [1.165, 1.54) is 17.0 Å². The molecule has 1 N–H and O–H groups in total. The predicted octanol–water partition coefficient (Wildman–Crippen LogP) is 3.80. The van der Waals surface area contributed by atoms with Gasteiger partial charge in [-0.25, -0.2) is 8.42 Å². The van der Waals surface area contributed by atoms with Crippen LogP contribution in [0.4, 0.5) is 11.4 Å². The number of rotatable bonds is 10. The smallest absolute Gasteiger partial charge is 0.271 e. The lowest BCUT2D eigenvalue weighted by Gasteiger charge is -2.32. The van der Waals surface area contributed by atoms with Gasteiger partial charge in [0.05, 0.1) is 16.9 Å². The second-order valence-electron chi connectivity index (χ2n) is 9.28. The molecule has 0 radical (unpaired) electrons. The molecule has 0 bridgehead atoms. The summed E-state index contributed by atoms with van der Waals surface area (Å²) in [5.74, 6) is -0.991. The molecule has 12 heteroatoms. The summed E-state index contributed by atoms with van der Waals surface area (Å²) >= 11 is 6.33. The zero-order valence-corrected chi connectivity index (χ0v) is 22.6. The molecule has 0 aromatic heterocycles. The molecule has 0 saturated heterocycles. The van der Waals surface area contributed by atoms with Crippen molar-refractivity contribution >= 4 is 44.8 Å². The van der Waals surface area contributed by atoms with Crippen LogP contribution >= 0.6 is 11.6 Å². The van der Waals surface area contributed by atoms with Crippen molar-refractivity contribution in [1.82, 2.24) is 10.2 Å². The number of hydrogen-bond donors (Lipinski definition) is 1. The van der Waals surface area contributed by atoms with E-state index >= 15 is 0 Å². The zero-order chi connectivity index (χ0) is 27.3. The molecule has 1 unspecified atom stereocenters. The third-order valence-corrected chi connectivity index (χ3v) is 8.01. The first-order valence-electron chi connectivity index (χ1n) is 11.9. The topological polar surface area (TPSA) is 130 Å². The molecule has 1 atom stereocenters. The number of hydrogen-bond acceptors (Lipinski definition) is 6. The van der Waals surface area contributed by atoms with Gasteiger partial charge in [0.2, 0.25) is 21.8 Å². The molecule has 3 rings (SSSR count). The fraction of sp³-hybridized carbons (Fsp3) is 0.440. The van der Waals surface area contributed by atoms with E-state index in [1.54, 1.807) is 38.1 Å². The monoisotopic (exact) mass is 550 g/mol. The van der Waals surface area contributed by atoms with Gasteiger partial charge in [0, 0.05) is 29.7 Å². The summed E-state index contributed by atoms with van der Waals surface area (Å²) in [6, 6.07) is 9.81. The molecule has 1 saturated carbocycles. The van der Waals surface area contributed by atoms with Crippen LogP contribution in [0.3, 0.4) is 0 Å². The largest absolute Gasteiger partial charge is 0.352 e. The van der Waals surface area contributed by atoms with Gasteiger partial charge in [-0.1, -0.05) is 48.7 Å². The number of carbonyl (C=O) groups excluding carboxylic acids is 2. The van der Waals surface area contributed by atoms with Crippen molar-refractivity contribution in [3.63, 3.8) is 0 Å². The highest BCUT2D eigenvalue weighted by molar-refractivity contribution is 7.92. The molecule has 0 spiro atoms. The number of nitro benzene ring substituents is 1. The lowest BCUT2D eigenvalue weighted by molar-refractivity contribution is -0.384. The van der Waals surface area contributed by atoms with Gasteiger partial charge in [-0.2, -0.15) is 0 Å². The average Bonchev–Trinajstić information content (AvgIpc) is 3.34. The summed E-state index contributed by atoms with van der Waals surface area (Å²) in [5, 5.41) is 14.7. The number of nitrogens with zero attached hydrogens (tertiary/aromatic N) is 3. The van der Waals surface area contributed by atoms with Crippen LogP contribution in [-0.4, -0.2) is 54.9 Å². The number of nitro groups is 1. The standard InChI is InChI=1S/C25H31ClN4O6S/c1-17-12-13-21(30(33)34)14-23(17)29(37(3,35)36)16-24(31)28(15-19-8-4-7-11-22(19)26)18(2)25(32)27-20-9-5-6-10-20/h4,7-8,11-14,18,20H,5-6,9-10,15-16H2,1-3H3,(H,27,32). The summed E-state index contributed by atoms with van der Waals surface area (Å²) in [6.45, 7) is 2.51. The molecule has 0 heterocycles. The second-order valence-corrected chi connectivity index (χ2v) is 11.6. The molecule has 200 valence electrons. The van der Waals surface area contributed by atoms with Gasteiger partial charge < -0.3 is 10.2 Å². The third-order valence-electron chi connectivity index (χ3n) is 6.52. The zero-order valence-electron chi connectivity index (χ0n) is 21.0. The Hall–Kier alpha value is -3.18. The number of nitrogens with one attached hydrogen (secondary N) is 1. The van der Waals surface area contributed by atoms with E-state index in [9.17, 15) is 28.1 Å². The van der Waals surface area contributed by atoms with Crippen molar-refractivity contribution < 1.29 is 22.9 Å². The van der Waals surface area contributed by atoms with E-state index in [1.807, 2.05) is 0 Å². The minimum atomic E-state index is -4.02. The van der Waals surface area contributed by atoms with Crippen LogP contribution in [0.25, 0.3) is 0 Å². The lowest BCUT2D eigenvalue weighted by atomic mass is 10.1. The minimum absolute atomic E-state index is 0.0193. The molecule has 37 heavy (non-hydrogen) atoms. The van der Waals surface area contributed by atoms with Crippen molar-refractivity contribution in [2.45, 2.75) is 58.2 Å². The summed E-state index contributed by atoms with van der Waals surface area (Å²) in [5.41, 5.74) is 0.744. The Labute approximate surface area is 221 Å². The van der Waals surface area contributed by atoms with Crippen molar-refractivity contribution in [2.24, 2.45) is 0 Å². The van der Waals surface area contributed by atoms with Crippen LogP contribution in [0.1, 0.15) is 43.7 Å². The number of anilines is 1. The lowest BCUT2D eigenvalue weighted by Crippen LogP contribution is -2.52. The Morgan fingerprint density at radius 3 is 2.43 bits per heavy atom. The highest BCUT2D eigenvalue weighted by Gasteiger charge is 2.32. The van der Waals surface area contributed by atoms with E-state index in [0.717, 1.165) is 42.3 Å². The molecule has 2 aromatic carbocycles. The van der Waals surface area contributed by atoms with E-state index in [2.05, 4.69) is 5.32 Å². The van der Waals surface area contributed by atoms with Crippen LogP contribution in [0, 0.1) is 17.0 Å². The molecule has 2 amide bonds. The first-order valence-corrected chi connectivity index (χ1v) is 14.2. The molecule has 1 aliphatic rings. The van der Waals surface area contributed by atoms with Crippen molar-refractivity contribution in [3.05, 3.63) is 68.7 Å². The van der Waals surface area contributed by atoms with E-state index in [-0.39, 0.29) is 29.9 Å². The molecule has 0 aliphatic heterocycles. The van der Waals surface area contributed by atoms with Crippen molar-refractivity contribution in [1.29, 1.82) is 0 Å².